The van der Waals surface area contributed by atoms with Crippen LogP contribution in [0, 0.1) is 5.82 Å². The van der Waals surface area contributed by atoms with Crippen molar-refractivity contribution in [3.05, 3.63) is 83.9 Å². The predicted molar refractivity (Wildman–Crippen MR) is 118 cm³/mol. The molecule has 4 rings (SSSR count). The highest BCUT2D eigenvalue weighted by Gasteiger charge is 2.10. The summed E-state index contributed by atoms with van der Waals surface area (Å²) < 4.78 is 21.4. The average Bonchev–Trinajstić information content (AvgIpc) is 3.17. The molecular weight excluding hydrogens is 399 g/mol. The van der Waals surface area contributed by atoms with E-state index in [1.165, 1.54) is 17.0 Å². The lowest BCUT2D eigenvalue weighted by atomic mass is 10.1. The fourth-order valence-corrected chi connectivity index (χ4v) is 3.89. The Morgan fingerprint density at radius 3 is 2.77 bits per heavy atom. The average molecular weight is 423 g/mol. The normalized spacial score (nSPS) is 11.1. The van der Waals surface area contributed by atoms with Gasteiger partial charge in [-0.15, -0.1) is 11.8 Å². The molecule has 0 fully saturated rings. The first-order valence-corrected chi connectivity index (χ1v) is 10.7. The molecule has 7 heteroatoms. The topological polar surface area (TPSA) is 52.0 Å². The second-order valence-corrected chi connectivity index (χ2v) is 8.09. The molecule has 0 aliphatic rings. The Hall–Kier alpha value is -2.90. The molecule has 4 aromatic rings. The first kappa shape index (κ1) is 20.4. The smallest absolute Gasteiger partial charge is 0.218 e. The minimum atomic E-state index is -0.303. The Bertz CT molecular complexity index is 1120. The number of pyridine rings is 1. The number of aromatic nitrogens is 3. The second-order valence-electron chi connectivity index (χ2n) is 6.93. The Balaban J connectivity index is 1.44. The number of benzene rings is 2. The van der Waals surface area contributed by atoms with Crippen molar-refractivity contribution in [2.45, 2.75) is 18.0 Å². The zero-order valence-corrected chi connectivity index (χ0v) is 17.5. The molecule has 0 unspecified atom stereocenters. The van der Waals surface area contributed by atoms with E-state index in [0.717, 1.165) is 22.3 Å². The van der Waals surface area contributed by atoms with Gasteiger partial charge in [0.05, 0.1) is 18.3 Å². The van der Waals surface area contributed by atoms with Crippen LogP contribution < -0.4 is 10.1 Å². The number of hydrogen-bond acceptors (Lipinski definition) is 5. The summed E-state index contributed by atoms with van der Waals surface area (Å²) >= 11 is 1.73. The largest absolute Gasteiger partial charge is 0.477 e. The maximum absolute atomic E-state index is 13.7. The van der Waals surface area contributed by atoms with Gasteiger partial charge in [-0.3, -0.25) is 4.68 Å². The number of fused-ring (bicyclic) bond motifs is 1. The van der Waals surface area contributed by atoms with Gasteiger partial charge in [-0.05, 0) is 30.3 Å². The van der Waals surface area contributed by atoms with Crippen molar-refractivity contribution in [2.24, 2.45) is 7.05 Å². The van der Waals surface area contributed by atoms with Gasteiger partial charge >= 0.3 is 0 Å². The van der Waals surface area contributed by atoms with Gasteiger partial charge in [0.2, 0.25) is 5.88 Å². The van der Waals surface area contributed by atoms with Crippen LogP contribution >= 0.6 is 11.8 Å². The molecule has 5 nitrogen and oxygen atoms in total. The lowest BCUT2D eigenvalue weighted by Gasteiger charge is -2.13. The summed E-state index contributed by atoms with van der Waals surface area (Å²) in [5, 5.41) is 8.49. The Labute approximate surface area is 179 Å². The molecule has 0 amide bonds. The summed E-state index contributed by atoms with van der Waals surface area (Å²) in [5.41, 5.74) is 2.65. The Kier molecular flexibility index (Phi) is 6.61. The Morgan fingerprint density at radius 1 is 1.10 bits per heavy atom. The van der Waals surface area contributed by atoms with Crippen LogP contribution in [0.4, 0.5) is 4.39 Å². The first-order valence-electron chi connectivity index (χ1n) is 9.75. The first-order chi connectivity index (χ1) is 14.7. The fourth-order valence-electron chi connectivity index (χ4n) is 3.14. The molecule has 154 valence electrons. The number of aryl methyl sites for hydroxylation is 1. The van der Waals surface area contributed by atoms with Crippen LogP contribution in [0.25, 0.3) is 10.9 Å². The van der Waals surface area contributed by atoms with Crippen LogP contribution in [0.15, 0.2) is 71.9 Å². The van der Waals surface area contributed by atoms with Crippen molar-refractivity contribution in [3.63, 3.8) is 0 Å². The van der Waals surface area contributed by atoms with Crippen molar-refractivity contribution in [3.8, 4) is 5.88 Å². The summed E-state index contributed by atoms with van der Waals surface area (Å²) in [6.45, 7) is 1.80. The molecule has 0 aliphatic heterocycles. The van der Waals surface area contributed by atoms with E-state index in [2.05, 4.69) is 27.5 Å². The van der Waals surface area contributed by atoms with Crippen molar-refractivity contribution in [1.82, 2.24) is 20.1 Å². The third kappa shape index (κ3) is 5.37. The van der Waals surface area contributed by atoms with Crippen LogP contribution in [-0.2, 0) is 20.1 Å². The third-order valence-corrected chi connectivity index (χ3v) is 5.53. The quantitative estimate of drug-likeness (QED) is 0.316. The zero-order valence-electron chi connectivity index (χ0n) is 16.7. The van der Waals surface area contributed by atoms with Crippen LogP contribution in [0.5, 0.6) is 5.88 Å². The molecule has 1 N–H and O–H groups in total. The van der Waals surface area contributed by atoms with Gasteiger partial charge in [-0.2, -0.15) is 5.10 Å². The number of hydrogen-bond donors (Lipinski definition) is 1. The Morgan fingerprint density at radius 2 is 1.97 bits per heavy atom. The van der Waals surface area contributed by atoms with E-state index in [-0.39, 0.29) is 5.82 Å². The highest BCUT2D eigenvalue weighted by Crippen LogP contribution is 2.24. The van der Waals surface area contributed by atoms with Gasteiger partial charge in [0.1, 0.15) is 5.82 Å². The van der Waals surface area contributed by atoms with Crippen LogP contribution in [0.1, 0.15) is 11.1 Å². The molecule has 0 aliphatic carbocycles. The summed E-state index contributed by atoms with van der Waals surface area (Å²) in [7, 11) is 1.90. The van der Waals surface area contributed by atoms with Gasteiger partial charge in [-0.1, -0.05) is 18.2 Å². The number of halogens is 1. The lowest BCUT2D eigenvalue weighted by Crippen LogP contribution is -2.14. The van der Waals surface area contributed by atoms with Gasteiger partial charge in [-0.25, -0.2) is 9.37 Å². The molecule has 2 aromatic heterocycles. The summed E-state index contributed by atoms with van der Waals surface area (Å²) in [6, 6.07) is 16.9. The van der Waals surface area contributed by atoms with E-state index in [1.807, 2.05) is 43.7 Å². The van der Waals surface area contributed by atoms with Crippen molar-refractivity contribution in [1.29, 1.82) is 0 Å². The fraction of sp³-hybridized carbons (Fsp3) is 0.217. The van der Waals surface area contributed by atoms with Gasteiger partial charge in [0, 0.05) is 59.6 Å². The predicted octanol–water partition coefficient (Wildman–Crippen LogP) is 4.57. The molecule has 2 heterocycles. The van der Waals surface area contributed by atoms with E-state index in [4.69, 9.17) is 4.74 Å². The van der Waals surface area contributed by atoms with Crippen molar-refractivity contribution < 1.29 is 9.13 Å². The van der Waals surface area contributed by atoms with Crippen LogP contribution in [-0.4, -0.2) is 27.1 Å². The maximum Gasteiger partial charge on any atom is 0.218 e. The SMILES string of the molecule is Cn1cc(CNCc2cc3ccc(F)cc3nc2OCCSc2ccccc2)cn1. The van der Waals surface area contributed by atoms with Crippen molar-refractivity contribution in [2.75, 3.05) is 12.4 Å². The van der Waals surface area contributed by atoms with Crippen molar-refractivity contribution >= 4 is 22.7 Å². The number of ether oxygens (including phenoxy) is 1. The van der Waals surface area contributed by atoms with Gasteiger partial charge in [0.25, 0.3) is 0 Å². The molecule has 2 aromatic carbocycles. The van der Waals surface area contributed by atoms with Gasteiger partial charge < -0.3 is 10.1 Å². The molecule has 0 atom stereocenters. The number of nitrogens with one attached hydrogen (secondary N) is 1. The van der Waals surface area contributed by atoms with E-state index in [0.29, 0.717) is 31.1 Å². The molecule has 0 spiro atoms. The lowest BCUT2D eigenvalue weighted by molar-refractivity contribution is 0.326. The number of rotatable bonds is 9. The molecule has 0 radical (unpaired) electrons. The molecule has 0 saturated heterocycles. The summed E-state index contributed by atoms with van der Waals surface area (Å²) in [4.78, 5) is 5.78. The molecule has 0 bridgehead atoms. The maximum atomic E-state index is 13.7. The highest BCUT2D eigenvalue weighted by molar-refractivity contribution is 7.99. The van der Waals surface area contributed by atoms with Crippen LogP contribution in [0.2, 0.25) is 0 Å². The summed E-state index contributed by atoms with van der Waals surface area (Å²) in [5.74, 6) is 1.04. The van der Waals surface area contributed by atoms with Crippen LogP contribution in [0.3, 0.4) is 0 Å². The molecule has 0 saturated carbocycles. The number of nitrogens with zero attached hydrogens (tertiary/aromatic N) is 3. The second kappa shape index (κ2) is 9.73. The van der Waals surface area contributed by atoms with E-state index in [1.54, 1.807) is 22.5 Å². The van der Waals surface area contributed by atoms with E-state index >= 15 is 0 Å². The van der Waals surface area contributed by atoms with E-state index < -0.39 is 0 Å². The van der Waals surface area contributed by atoms with E-state index in [9.17, 15) is 4.39 Å². The monoisotopic (exact) mass is 422 g/mol. The standard InChI is InChI=1S/C23H23FN4OS/c1-28-16-17(14-26-28)13-25-15-19-11-18-7-8-20(24)12-22(18)27-23(19)29-9-10-30-21-5-3-2-4-6-21/h2-8,11-12,14,16,25H,9-10,13,15H2,1H3. The number of thioether (sulfide) groups is 1. The zero-order chi connectivity index (χ0) is 20.8. The molecular formula is C23H23FN4OS. The summed E-state index contributed by atoms with van der Waals surface area (Å²) in [6.07, 6.45) is 3.82. The third-order valence-electron chi connectivity index (χ3n) is 4.56. The highest BCUT2D eigenvalue weighted by atomic mass is 32.2. The molecule has 30 heavy (non-hydrogen) atoms. The minimum Gasteiger partial charge on any atom is -0.477 e. The van der Waals surface area contributed by atoms with Gasteiger partial charge in [0.15, 0.2) is 0 Å². The minimum absolute atomic E-state index is 0.303.